The Morgan fingerprint density at radius 3 is 2.30 bits per heavy atom. The van der Waals surface area contributed by atoms with E-state index in [0.29, 0.717) is 5.69 Å². The van der Waals surface area contributed by atoms with E-state index < -0.39 is 4.92 Å². The van der Waals surface area contributed by atoms with Crippen molar-refractivity contribution < 1.29 is 9.72 Å². The first-order chi connectivity index (χ1) is 13.1. The zero-order valence-corrected chi connectivity index (χ0v) is 15.1. The van der Waals surface area contributed by atoms with Gasteiger partial charge in [-0.1, -0.05) is 42.1 Å². The van der Waals surface area contributed by atoms with Crippen molar-refractivity contribution in [1.82, 2.24) is 0 Å². The fourth-order valence-corrected chi connectivity index (χ4v) is 3.27. The lowest BCUT2D eigenvalue weighted by Gasteiger charge is -2.11. The first-order valence-corrected chi connectivity index (χ1v) is 9.03. The second-order valence-electron chi connectivity index (χ2n) is 5.62. The molecule has 0 spiro atoms. The van der Waals surface area contributed by atoms with Gasteiger partial charge in [0, 0.05) is 27.6 Å². The maximum atomic E-state index is 12.3. The first kappa shape index (κ1) is 18.5. The fraction of sp³-hybridized carbons (Fsp3) is 0.0500. The molecule has 0 saturated heterocycles. The zero-order valence-electron chi connectivity index (χ0n) is 14.3. The molecule has 1 amide bonds. The molecule has 0 atom stereocenters. The quantitative estimate of drug-likeness (QED) is 0.455. The van der Waals surface area contributed by atoms with Gasteiger partial charge in [-0.25, -0.2) is 0 Å². The van der Waals surface area contributed by atoms with Crippen LogP contribution in [0.1, 0.15) is 0 Å². The average Bonchev–Trinajstić information content (AvgIpc) is 2.69. The van der Waals surface area contributed by atoms with Crippen LogP contribution in [-0.2, 0) is 4.79 Å². The van der Waals surface area contributed by atoms with Crippen molar-refractivity contribution in [1.29, 1.82) is 0 Å². The lowest BCUT2D eigenvalue weighted by Crippen LogP contribution is -2.22. The van der Waals surface area contributed by atoms with E-state index in [2.05, 4.69) is 10.6 Å². The van der Waals surface area contributed by atoms with Gasteiger partial charge in [0.25, 0.3) is 5.69 Å². The lowest BCUT2D eigenvalue weighted by molar-refractivity contribution is -0.384. The third kappa shape index (κ3) is 5.32. The summed E-state index contributed by atoms with van der Waals surface area (Å²) in [6.45, 7) is 0.0577. The molecule has 0 aliphatic carbocycles. The summed E-state index contributed by atoms with van der Waals surface area (Å²) in [5.41, 5.74) is 1.39. The molecule has 2 N–H and O–H groups in total. The number of nitrogens with one attached hydrogen (secondary N) is 2. The topological polar surface area (TPSA) is 84.3 Å². The fourth-order valence-electron chi connectivity index (χ4n) is 2.35. The van der Waals surface area contributed by atoms with Crippen LogP contribution in [0.5, 0.6) is 0 Å². The minimum absolute atomic E-state index is 0.0110. The van der Waals surface area contributed by atoms with Crippen molar-refractivity contribution >= 4 is 34.7 Å². The van der Waals surface area contributed by atoms with Crippen LogP contribution < -0.4 is 10.6 Å². The standard InChI is InChI=1S/C20H17N3O3S/c24-20(14-21-15-10-12-16(13-11-15)23(25)26)22-18-8-4-5-9-19(18)27-17-6-2-1-3-7-17/h1-13,21H,14H2,(H,22,24). The minimum atomic E-state index is -0.460. The maximum absolute atomic E-state index is 12.3. The summed E-state index contributed by atoms with van der Waals surface area (Å²) in [4.78, 5) is 24.5. The van der Waals surface area contributed by atoms with E-state index in [9.17, 15) is 14.9 Å². The zero-order chi connectivity index (χ0) is 19.1. The largest absolute Gasteiger partial charge is 0.376 e. The van der Waals surface area contributed by atoms with E-state index in [1.807, 2.05) is 54.6 Å². The van der Waals surface area contributed by atoms with Crippen molar-refractivity contribution in [2.75, 3.05) is 17.2 Å². The van der Waals surface area contributed by atoms with Crippen LogP contribution in [0.2, 0.25) is 0 Å². The molecule has 7 heteroatoms. The predicted molar refractivity (Wildman–Crippen MR) is 107 cm³/mol. The number of para-hydroxylation sites is 1. The number of amides is 1. The van der Waals surface area contributed by atoms with E-state index in [1.165, 1.54) is 12.1 Å². The van der Waals surface area contributed by atoms with Crippen LogP contribution >= 0.6 is 11.8 Å². The van der Waals surface area contributed by atoms with Crippen LogP contribution in [0.3, 0.4) is 0 Å². The number of benzene rings is 3. The highest BCUT2D eigenvalue weighted by Crippen LogP contribution is 2.33. The van der Waals surface area contributed by atoms with Crippen LogP contribution in [0.15, 0.2) is 88.7 Å². The highest BCUT2D eigenvalue weighted by Gasteiger charge is 2.09. The van der Waals surface area contributed by atoms with Gasteiger partial charge in [-0.3, -0.25) is 14.9 Å². The molecule has 0 aromatic heterocycles. The van der Waals surface area contributed by atoms with Crippen molar-refractivity contribution in [2.24, 2.45) is 0 Å². The van der Waals surface area contributed by atoms with Crippen LogP contribution in [0, 0.1) is 10.1 Å². The molecule has 0 saturated carbocycles. The molecule has 3 rings (SSSR count). The Bertz CT molecular complexity index is 931. The molecule has 0 unspecified atom stereocenters. The Balaban J connectivity index is 1.60. The second kappa shape index (κ2) is 8.86. The number of nitro benzene ring substituents is 1. The molecular formula is C20H17N3O3S. The van der Waals surface area contributed by atoms with Gasteiger partial charge in [-0.05, 0) is 36.4 Å². The second-order valence-corrected chi connectivity index (χ2v) is 6.73. The molecule has 136 valence electrons. The molecule has 0 heterocycles. The Morgan fingerprint density at radius 1 is 0.926 bits per heavy atom. The number of rotatable bonds is 7. The third-order valence-corrected chi connectivity index (χ3v) is 4.75. The summed E-state index contributed by atoms with van der Waals surface area (Å²) in [6.07, 6.45) is 0. The minimum Gasteiger partial charge on any atom is -0.376 e. The molecule has 3 aromatic carbocycles. The van der Waals surface area contributed by atoms with E-state index in [-0.39, 0.29) is 18.1 Å². The van der Waals surface area contributed by atoms with E-state index in [1.54, 1.807) is 23.9 Å². The molecule has 0 aliphatic heterocycles. The summed E-state index contributed by atoms with van der Waals surface area (Å²) >= 11 is 1.58. The Labute approximate surface area is 160 Å². The Kier molecular flexibility index (Phi) is 6.06. The average molecular weight is 379 g/mol. The molecule has 0 bridgehead atoms. The summed E-state index contributed by atoms with van der Waals surface area (Å²) in [6, 6.07) is 23.5. The Hall–Kier alpha value is -3.32. The lowest BCUT2D eigenvalue weighted by atomic mass is 10.3. The molecule has 3 aromatic rings. The molecule has 0 radical (unpaired) electrons. The van der Waals surface area contributed by atoms with Crippen molar-refractivity contribution in [3.8, 4) is 0 Å². The first-order valence-electron chi connectivity index (χ1n) is 8.22. The summed E-state index contributed by atoms with van der Waals surface area (Å²) in [5, 5.41) is 16.5. The molecule has 0 aliphatic rings. The van der Waals surface area contributed by atoms with Gasteiger partial charge in [0.15, 0.2) is 0 Å². The van der Waals surface area contributed by atoms with E-state index >= 15 is 0 Å². The number of hydrogen-bond donors (Lipinski definition) is 2. The number of carbonyl (C=O) groups excluding carboxylic acids is 1. The number of carbonyl (C=O) groups is 1. The molecule has 6 nitrogen and oxygen atoms in total. The summed E-state index contributed by atoms with van der Waals surface area (Å²) < 4.78 is 0. The van der Waals surface area contributed by atoms with Gasteiger partial charge in [-0.15, -0.1) is 0 Å². The van der Waals surface area contributed by atoms with Crippen LogP contribution in [-0.4, -0.2) is 17.4 Å². The number of hydrogen-bond acceptors (Lipinski definition) is 5. The number of nitrogens with zero attached hydrogens (tertiary/aromatic N) is 1. The van der Waals surface area contributed by atoms with Crippen LogP contribution in [0.25, 0.3) is 0 Å². The van der Waals surface area contributed by atoms with Crippen molar-refractivity contribution in [2.45, 2.75) is 9.79 Å². The highest BCUT2D eigenvalue weighted by atomic mass is 32.2. The number of anilines is 2. The molecule has 27 heavy (non-hydrogen) atoms. The predicted octanol–water partition coefficient (Wildman–Crippen LogP) is 4.80. The van der Waals surface area contributed by atoms with Gasteiger partial charge in [0.1, 0.15) is 0 Å². The normalized spacial score (nSPS) is 10.2. The summed E-state index contributed by atoms with van der Waals surface area (Å²) in [7, 11) is 0. The van der Waals surface area contributed by atoms with Crippen LogP contribution in [0.4, 0.5) is 17.1 Å². The third-order valence-electron chi connectivity index (χ3n) is 3.66. The maximum Gasteiger partial charge on any atom is 0.269 e. The Morgan fingerprint density at radius 2 is 1.59 bits per heavy atom. The van der Waals surface area contributed by atoms with Crippen molar-refractivity contribution in [3.63, 3.8) is 0 Å². The van der Waals surface area contributed by atoms with Gasteiger partial charge in [0.2, 0.25) is 5.91 Å². The van der Waals surface area contributed by atoms with E-state index in [0.717, 1.165) is 15.5 Å². The highest BCUT2D eigenvalue weighted by molar-refractivity contribution is 7.99. The smallest absolute Gasteiger partial charge is 0.269 e. The monoisotopic (exact) mass is 379 g/mol. The van der Waals surface area contributed by atoms with Crippen molar-refractivity contribution in [3.05, 3.63) is 89.0 Å². The van der Waals surface area contributed by atoms with Gasteiger partial charge in [-0.2, -0.15) is 0 Å². The van der Waals surface area contributed by atoms with Gasteiger partial charge in [0.05, 0.1) is 17.2 Å². The number of nitro groups is 1. The molecule has 0 fully saturated rings. The van der Waals surface area contributed by atoms with E-state index in [4.69, 9.17) is 0 Å². The van der Waals surface area contributed by atoms with Gasteiger partial charge >= 0.3 is 0 Å². The SMILES string of the molecule is O=C(CNc1ccc([N+](=O)[O-])cc1)Nc1ccccc1Sc1ccccc1. The molecular weight excluding hydrogens is 362 g/mol. The van der Waals surface area contributed by atoms with Gasteiger partial charge < -0.3 is 10.6 Å². The summed E-state index contributed by atoms with van der Waals surface area (Å²) in [5.74, 6) is -0.200. The number of non-ortho nitro benzene ring substituents is 1.